The molecule has 1 heterocycles. The zero-order valence-corrected chi connectivity index (χ0v) is 17.2. The first-order valence-electron chi connectivity index (χ1n) is 8.67. The van der Waals surface area contributed by atoms with Crippen LogP contribution in [0.2, 0.25) is 0 Å². The largest absolute Gasteiger partial charge is 0.390 e. The van der Waals surface area contributed by atoms with Crippen LogP contribution in [-0.2, 0) is 9.84 Å². The van der Waals surface area contributed by atoms with Gasteiger partial charge in [-0.15, -0.1) is 11.3 Å². The molecule has 10 heteroatoms. The Morgan fingerprint density at radius 3 is 2.68 bits per heavy atom. The number of halogens is 2. The lowest BCUT2D eigenvalue weighted by Crippen LogP contribution is -2.39. The fourth-order valence-electron chi connectivity index (χ4n) is 2.48. The Labute approximate surface area is 167 Å². The third-order valence-corrected chi connectivity index (χ3v) is 7.08. The number of nitrogens with one attached hydrogen (secondary N) is 2. The van der Waals surface area contributed by atoms with Gasteiger partial charge in [0.05, 0.1) is 24.4 Å². The SMILES string of the molecule is CCNC(=NCC(O)CS(=O)(=O)c1cccs1)NC(C)c1ccc(F)cc1F. The van der Waals surface area contributed by atoms with Crippen LogP contribution < -0.4 is 10.6 Å². The topological polar surface area (TPSA) is 90.8 Å². The minimum Gasteiger partial charge on any atom is -0.390 e. The number of guanidine groups is 1. The second-order valence-corrected chi connectivity index (χ2v) is 9.33. The highest BCUT2D eigenvalue weighted by atomic mass is 32.2. The van der Waals surface area contributed by atoms with E-state index in [0.717, 1.165) is 17.4 Å². The number of thiophene rings is 1. The fraction of sp³-hybridized carbons (Fsp3) is 0.389. The van der Waals surface area contributed by atoms with Gasteiger partial charge in [0.25, 0.3) is 0 Å². The maximum atomic E-state index is 13.9. The summed E-state index contributed by atoms with van der Waals surface area (Å²) < 4.78 is 51.6. The minimum absolute atomic E-state index is 0.154. The third-order valence-electron chi connectivity index (χ3n) is 3.80. The molecular formula is C18H23F2N3O3S2. The molecule has 2 aromatic rings. The van der Waals surface area contributed by atoms with Crippen molar-refractivity contribution in [1.82, 2.24) is 10.6 Å². The normalized spacial score (nSPS) is 14.5. The lowest BCUT2D eigenvalue weighted by atomic mass is 10.1. The Morgan fingerprint density at radius 1 is 1.32 bits per heavy atom. The van der Waals surface area contributed by atoms with Crippen molar-refractivity contribution in [3.8, 4) is 0 Å². The molecule has 0 aliphatic carbocycles. The molecule has 0 radical (unpaired) electrons. The molecule has 0 amide bonds. The molecule has 0 spiro atoms. The van der Waals surface area contributed by atoms with Crippen LogP contribution >= 0.6 is 11.3 Å². The van der Waals surface area contributed by atoms with Crippen molar-refractivity contribution in [2.24, 2.45) is 4.99 Å². The summed E-state index contributed by atoms with van der Waals surface area (Å²) in [7, 11) is -3.58. The quantitative estimate of drug-likeness (QED) is 0.441. The molecule has 1 aromatic carbocycles. The van der Waals surface area contributed by atoms with E-state index in [1.165, 1.54) is 18.2 Å². The van der Waals surface area contributed by atoms with Crippen molar-refractivity contribution in [3.05, 3.63) is 52.9 Å². The zero-order valence-electron chi connectivity index (χ0n) is 15.5. The van der Waals surface area contributed by atoms with Gasteiger partial charge in [0.2, 0.25) is 0 Å². The lowest BCUT2D eigenvalue weighted by molar-refractivity contribution is 0.206. The summed E-state index contributed by atoms with van der Waals surface area (Å²) in [6.45, 7) is 3.87. The van der Waals surface area contributed by atoms with Gasteiger partial charge in [-0.2, -0.15) is 0 Å². The first-order chi connectivity index (χ1) is 13.2. The third kappa shape index (κ3) is 6.25. The van der Waals surface area contributed by atoms with Crippen molar-refractivity contribution < 1.29 is 22.3 Å². The van der Waals surface area contributed by atoms with Crippen LogP contribution in [-0.4, -0.2) is 44.4 Å². The Bertz CT molecular complexity index is 903. The standard InChI is InChI=1S/C18H23F2N3O3S2/c1-3-21-18(23-12(2)15-7-6-13(19)9-16(15)20)22-10-14(24)11-28(25,26)17-5-4-8-27-17/h4-9,12,14,24H,3,10-11H2,1-2H3,(H2,21,22,23). The van der Waals surface area contributed by atoms with Crippen LogP contribution in [0, 0.1) is 11.6 Å². The van der Waals surface area contributed by atoms with Gasteiger partial charge in [-0.25, -0.2) is 17.2 Å². The zero-order chi connectivity index (χ0) is 20.7. The maximum Gasteiger partial charge on any atom is 0.191 e. The molecule has 0 aliphatic heterocycles. The monoisotopic (exact) mass is 431 g/mol. The number of hydrogen-bond donors (Lipinski definition) is 3. The number of aliphatic hydroxyl groups excluding tert-OH is 1. The smallest absolute Gasteiger partial charge is 0.191 e. The van der Waals surface area contributed by atoms with E-state index >= 15 is 0 Å². The Morgan fingerprint density at radius 2 is 2.07 bits per heavy atom. The predicted octanol–water partition coefficient (Wildman–Crippen LogP) is 2.48. The van der Waals surface area contributed by atoms with E-state index in [1.807, 2.05) is 6.92 Å². The number of rotatable bonds is 8. The van der Waals surface area contributed by atoms with E-state index in [9.17, 15) is 22.3 Å². The molecule has 3 N–H and O–H groups in total. The van der Waals surface area contributed by atoms with Crippen molar-refractivity contribution in [2.75, 3.05) is 18.8 Å². The van der Waals surface area contributed by atoms with Gasteiger partial charge in [0, 0.05) is 18.2 Å². The highest BCUT2D eigenvalue weighted by Crippen LogP contribution is 2.19. The molecule has 0 fully saturated rings. The van der Waals surface area contributed by atoms with Gasteiger partial charge in [-0.05, 0) is 31.4 Å². The van der Waals surface area contributed by atoms with E-state index in [4.69, 9.17) is 0 Å². The van der Waals surface area contributed by atoms with E-state index in [2.05, 4.69) is 15.6 Å². The summed E-state index contributed by atoms with van der Waals surface area (Å²) in [6.07, 6.45) is -1.19. The molecule has 6 nitrogen and oxygen atoms in total. The van der Waals surface area contributed by atoms with Crippen LogP contribution in [0.5, 0.6) is 0 Å². The van der Waals surface area contributed by atoms with Crippen LogP contribution in [0.1, 0.15) is 25.5 Å². The Kier molecular flexibility index (Phi) is 7.90. The van der Waals surface area contributed by atoms with Crippen molar-refractivity contribution in [3.63, 3.8) is 0 Å². The molecular weight excluding hydrogens is 408 g/mol. The van der Waals surface area contributed by atoms with Crippen molar-refractivity contribution in [1.29, 1.82) is 0 Å². The molecule has 2 rings (SSSR count). The molecule has 2 atom stereocenters. The molecule has 0 bridgehead atoms. The van der Waals surface area contributed by atoms with E-state index in [1.54, 1.807) is 18.4 Å². The van der Waals surface area contributed by atoms with Gasteiger partial charge in [-0.3, -0.25) is 4.99 Å². The number of aliphatic hydroxyl groups is 1. The maximum absolute atomic E-state index is 13.9. The van der Waals surface area contributed by atoms with E-state index in [-0.39, 0.29) is 22.3 Å². The number of sulfone groups is 1. The first-order valence-corrected chi connectivity index (χ1v) is 11.2. The molecule has 28 heavy (non-hydrogen) atoms. The van der Waals surface area contributed by atoms with E-state index in [0.29, 0.717) is 6.54 Å². The second-order valence-electron chi connectivity index (χ2n) is 6.12. The summed E-state index contributed by atoms with van der Waals surface area (Å²) in [5.41, 5.74) is 0.257. The Hall–Kier alpha value is -2.04. The van der Waals surface area contributed by atoms with Crippen LogP contribution in [0.3, 0.4) is 0 Å². The molecule has 0 saturated carbocycles. The average Bonchev–Trinajstić information content (AvgIpc) is 3.15. The van der Waals surface area contributed by atoms with Gasteiger partial charge < -0.3 is 15.7 Å². The van der Waals surface area contributed by atoms with Crippen molar-refractivity contribution in [2.45, 2.75) is 30.2 Å². The van der Waals surface area contributed by atoms with E-state index < -0.39 is 39.4 Å². The Balaban J connectivity index is 2.03. The summed E-state index contributed by atoms with van der Waals surface area (Å²) in [4.78, 5) is 4.18. The summed E-state index contributed by atoms with van der Waals surface area (Å²) in [6, 6.07) is 5.90. The summed E-state index contributed by atoms with van der Waals surface area (Å²) in [5.74, 6) is -1.51. The number of hydrogen-bond acceptors (Lipinski definition) is 5. The van der Waals surface area contributed by atoms with Crippen molar-refractivity contribution >= 4 is 27.1 Å². The minimum atomic E-state index is -3.58. The number of aliphatic imine (C=N–C) groups is 1. The highest BCUT2D eigenvalue weighted by Gasteiger charge is 2.21. The highest BCUT2D eigenvalue weighted by molar-refractivity contribution is 7.93. The molecule has 0 aliphatic rings. The molecule has 154 valence electrons. The molecule has 0 saturated heterocycles. The summed E-state index contributed by atoms with van der Waals surface area (Å²) >= 11 is 1.09. The van der Waals surface area contributed by atoms with Crippen LogP contribution in [0.25, 0.3) is 0 Å². The molecule has 2 unspecified atom stereocenters. The van der Waals surface area contributed by atoms with Gasteiger partial charge in [-0.1, -0.05) is 12.1 Å². The van der Waals surface area contributed by atoms with Crippen LogP contribution in [0.15, 0.2) is 44.9 Å². The first kappa shape index (κ1) is 22.3. The van der Waals surface area contributed by atoms with Gasteiger partial charge in [0.1, 0.15) is 15.8 Å². The second kappa shape index (κ2) is 9.94. The fourth-order valence-corrected chi connectivity index (χ4v) is 4.95. The average molecular weight is 432 g/mol. The summed E-state index contributed by atoms with van der Waals surface area (Å²) in [5, 5.41) is 17.6. The lowest BCUT2D eigenvalue weighted by Gasteiger charge is -2.19. The predicted molar refractivity (Wildman–Crippen MR) is 106 cm³/mol. The van der Waals surface area contributed by atoms with Gasteiger partial charge in [0.15, 0.2) is 15.8 Å². The van der Waals surface area contributed by atoms with Crippen LogP contribution in [0.4, 0.5) is 8.78 Å². The van der Waals surface area contributed by atoms with Gasteiger partial charge >= 0.3 is 0 Å². The number of benzene rings is 1. The molecule has 1 aromatic heterocycles. The number of nitrogens with zero attached hydrogens (tertiary/aromatic N) is 1.